The van der Waals surface area contributed by atoms with Crippen LogP contribution in [0.4, 0.5) is 0 Å². The van der Waals surface area contributed by atoms with Crippen LogP contribution in [0.15, 0.2) is 24.4 Å². The van der Waals surface area contributed by atoms with Gasteiger partial charge in [-0.2, -0.15) is 5.10 Å². The van der Waals surface area contributed by atoms with Crippen molar-refractivity contribution in [1.29, 1.82) is 0 Å². The number of benzene rings is 1. The van der Waals surface area contributed by atoms with Crippen molar-refractivity contribution in [1.82, 2.24) is 15.5 Å². The average molecular weight is 271 g/mol. The SMILES string of the molecule is c1cc(CNC2CCCc3cn[nH]c32)c2c(c1)OCO2. The fourth-order valence-electron chi connectivity index (χ4n) is 3.03. The third kappa shape index (κ3) is 1.94. The van der Waals surface area contributed by atoms with Crippen molar-refractivity contribution in [2.45, 2.75) is 31.8 Å². The van der Waals surface area contributed by atoms with Crippen LogP contribution in [0.25, 0.3) is 0 Å². The summed E-state index contributed by atoms with van der Waals surface area (Å²) in [4.78, 5) is 0. The summed E-state index contributed by atoms with van der Waals surface area (Å²) in [5, 5.41) is 10.9. The van der Waals surface area contributed by atoms with Gasteiger partial charge in [0.1, 0.15) is 0 Å². The summed E-state index contributed by atoms with van der Waals surface area (Å²) < 4.78 is 11.0. The summed E-state index contributed by atoms with van der Waals surface area (Å²) in [6.45, 7) is 1.09. The Morgan fingerprint density at radius 2 is 2.35 bits per heavy atom. The Kier molecular flexibility index (Phi) is 2.85. The molecule has 1 atom stereocenters. The van der Waals surface area contributed by atoms with Crippen molar-refractivity contribution >= 4 is 0 Å². The molecule has 2 aromatic rings. The zero-order chi connectivity index (χ0) is 13.4. The van der Waals surface area contributed by atoms with E-state index in [4.69, 9.17) is 9.47 Å². The number of rotatable bonds is 3. The number of aromatic amines is 1. The van der Waals surface area contributed by atoms with Gasteiger partial charge < -0.3 is 14.8 Å². The highest BCUT2D eigenvalue weighted by molar-refractivity contribution is 5.48. The van der Waals surface area contributed by atoms with E-state index in [9.17, 15) is 0 Å². The van der Waals surface area contributed by atoms with Gasteiger partial charge in [0.05, 0.1) is 11.9 Å². The summed E-state index contributed by atoms with van der Waals surface area (Å²) >= 11 is 0. The zero-order valence-corrected chi connectivity index (χ0v) is 11.2. The smallest absolute Gasteiger partial charge is 0.231 e. The quantitative estimate of drug-likeness (QED) is 0.899. The van der Waals surface area contributed by atoms with Crippen LogP contribution in [0.1, 0.15) is 35.7 Å². The second-order valence-corrected chi connectivity index (χ2v) is 5.29. The average Bonchev–Trinajstić information content (AvgIpc) is 3.13. The fourth-order valence-corrected chi connectivity index (χ4v) is 3.03. The number of H-pyrrole nitrogens is 1. The van der Waals surface area contributed by atoms with Crippen LogP contribution in [0, 0.1) is 0 Å². The van der Waals surface area contributed by atoms with Crippen LogP contribution in [-0.4, -0.2) is 17.0 Å². The standard InChI is InChI=1S/C15H17N3O2/c1-3-10-8-17-18-14(10)12(5-1)16-7-11-4-2-6-13-15(11)20-9-19-13/h2,4,6,8,12,16H,1,3,5,7,9H2,(H,17,18). The first-order chi connectivity index (χ1) is 9.92. The van der Waals surface area contributed by atoms with E-state index in [0.29, 0.717) is 12.8 Å². The molecule has 2 aliphatic rings. The molecule has 5 nitrogen and oxygen atoms in total. The predicted octanol–water partition coefficient (Wildman–Crippen LogP) is 2.31. The van der Waals surface area contributed by atoms with Gasteiger partial charge in [-0.1, -0.05) is 12.1 Å². The van der Waals surface area contributed by atoms with E-state index in [1.54, 1.807) is 0 Å². The maximum Gasteiger partial charge on any atom is 0.231 e. The van der Waals surface area contributed by atoms with E-state index in [-0.39, 0.29) is 0 Å². The third-order valence-electron chi connectivity index (χ3n) is 4.06. The molecule has 104 valence electrons. The summed E-state index contributed by atoms with van der Waals surface area (Å²) in [6, 6.07) is 6.38. The summed E-state index contributed by atoms with van der Waals surface area (Å²) in [5.41, 5.74) is 3.72. The lowest BCUT2D eigenvalue weighted by molar-refractivity contribution is 0.173. The van der Waals surface area contributed by atoms with Gasteiger partial charge in [0.2, 0.25) is 6.79 Å². The number of para-hydroxylation sites is 1. The van der Waals surface area contributed by atoms with E-state index in [0.717, 1.165) is 36.4 Å². The Hall–Kier alpha value is -2.01. The predicted molar refractivity (Wildman–Crippen MR) is 73.7 cm³/mol. The van der Waals surface area contributed by atoms with Gasteiger partial charge in [0.25, 0.3) is 0 Å². The van der Waals surface area contributed by atoms with Crippen LogP contribution < -0.4 is 14.8 Å². The molecular weight excluding hydrogens is 254 g/mol. The molecule has 0 fully saturated rings. The molecule has 1 aliphatic heterocycles. The molecule has 2 heterocycles. The zero-order valence-electron chi connectivity index (χ0n) is 11.2. The third-order valence-corrected chi connectivity index (χ3v) is 4.06. The summed E-state index contributed by atoms with van der Waals surface area (Å²) in [5.74, 6) is 1.72. The van der Waals surface area contributed by atoms with Crippen LogP contribution >= 0.6 is 0 Å². The second kappa shape index (κ2) is 4.83. The fraction of sp³-hybridized carbons (Fsp3) is 0.400. The van der Waals surface area contributed by atoms with Crippen molar-refractivity contribution < 1.29 is 9.47 Å². The minimum Gasteiger partial charge on any atom is -0.454 e. The number of fused-ring (bicyclic) bond motifs is 2. The normalized spacial score (nSPS) is 19.9. The number of hydrogen-bond acceptors (Lipinski definition) is 4. The molecule has 1 aliphatic carbocycles. The number of aromatic nitrogens is 2. The number of nitrogens with one attached hydrogen (secondary N) is 2. The van der Waals surface area contributed by atoms with Gasteiger partial charge >= 0.3 is 0 Å². The van der Waals surface area contributed by atoms with E-state index < -0.39 is 0 Å². The van der Waals surface area contributed by atoms with Gasteiger partial charge in [0, 0.05) is 18.2 Å². The van der Waals surface area contributed by atoms with E-state index >= 15 is 0 Å². The van der Waals surface area contributed by atoms with Gasteiger partial charge in [-0.3, -0.25) is 5.10 Å². The summed E-state index contributed by atoms with van der Waals surface area (Å²) in [7, 11) is 0. The summed E-state index contributed by atoms with van der Waals surface area (Å²) in [6.07, 6.45) is 5.42. The first-order valence-electron chi connectivity index (χ1n) is 7.05. The molecule has 0 amide bonds. The van der Waals surface area contributed by atoms with Gasteiger partial charge in [-0.05, 0) is 30.9 Å². The van der Waals surface area contributed by atoms with Gasteiger partial charge in [-0.15, -0.1) is 0 Å². The molecule has 1 aromatic carbocycles. The molecule has 5 heteroatoms. The molecule has 4 rings (SSSR count). The molecule has 0 spiro atoms. The van der Waals surface area contributed by atoms with Gasteiger partial charge in [0.15, 0.2) is 11.5 Å². The van der Waals surface area contributed by atoms with E-state index in [1.807, 2.05) is 18.3 Å². The molecule has 0 radical (unpaired) electrons. The van der Waals surface area contributed by atoms with Crippen molar-refractivity contribution in [2.75, 3.05) is 6.79 Å². The Morgan fingerprint density at radius 1 is 1.35 bits per heavy atom. The van der Waals surface area contributed by atoms with Crippen LogP contribution in [0.3, 0.4) is 0 Å². The second-order valence-electron chi connectivity index (χ2n) is 5.29. The van der Waals surface area contributed by atoms with E-state index in [2.05, 4.69) is 21.6 Å². The molecule has 0 saturated heterocycles. The maximum atomic E-state index is 5.54. The first-order valence-corrected chi connectivity index (χ1v) is 7.05. The number of nitrogens with zero attached hydrogens (tertiary/aromatic N) is 1. The minimum atomic E-state index is 0.320. The largest absolute Gasteiger partial charge is 0.454 e. The number of aryl methyl sites for hydroxylation is 1. The van der Waals surface area contributed by atoms with Crippen LogP contribution in [0.2, 0.25) is 0 Å². The Balaban J connectivity index is 1.51. The van der Waals surface area contributed by atoms with Crippen molar-refractivity contribution in [3.63, 3.8) is 0 Å². The topological polar surface area (TPSA) is 59.2 Å². The Bertz CT molecular complexity index is 623. The van der Waals surface area contributed by atoms with Crippen molar-refractivity contribution in [2.24, 2.45) is 0 Å². The lowest BCUT2D eigenvalue weighted by Gasteiger charge is -2.23. The molecule has 20 heavy (non-hydrogen) atoms. The molecule has 0 bridgehead atoms. The molecule has 1 aromatic heterocycles. The number of hydrogen-bond donors (Lipinski definition) is 2. The lowest BCUT2D eigenvalue weighted by Crippen LogP contribution is -2.25. The minimum absolute atomic E-state index is 0.320. The van der Waals surface area contributed by atoms with Gasteiger partial charge in [-0.25, -0.2) is 0 Å². The number of ether oxygens (including phenoxy) is 2. The highest BCUT2D eigenvalue weighted by Crippen LogP contribution is 2.36. The van der Waals surface area contributed by atoms with Crippen LogP contribution in [-0.2, 0) is 13.0 Å². The lowest BCUT2D eigenvalue weighted by atomic mass is 9.93. The Morgan fingerprint density at radius 3 is 3.35 bits per heavy atom. The first kappa shape index (κ1) is 11.8. The Labute approximate surface area is 117 Å². The van der Waals surface area contributed by atoms with Crippen molar-refractivity contribution in [3.05, 3.63) is 41.2 Å². The monoisotopic (exact) mass is 271 g/mol. The van der Waals surface area contributed by atoms with Crippen LogP contribution in [0.5, 0.6) is 11.5 Å². The molecule has 2 N–H and O–H groups in total. The van der Waals surface area contributed by atoms with Crippen molar-refractivity contribution in [3.8, 4) is 11.5 Å². The molecule has 1 unspecified atom stereocenters. The molecular formula is C15H17N3O2. The molecule has 0 saturated carbocycles. The van der Waals surface area contributed by atoms with E-state index in [1.165, 1.54) is 17.7 Å². The maximum absolute atomic E-state index is 5.54. The highest BCUT2D eigenvalue weighted by Gasteiger charge is 2.23. The highest BCUT2D eigenvalue weighted by atomic mass is 16.7.